The highest BCUT2D eigenvalue weighted by atomic mass is 16.2. The van der Waals surface area contributed by atoms with Gasteiger partial charge in [0, 0.05) is 11.3 Å². The zero-order valence-electron chi connectivity index (χ0n) is 9.91. The Morgan fingerprint density at radius 3 is 2.44 bits per heavy atom. The fourth-order valence-corrected chi connectivity index (χ4v) is 2.35. The number of para-hydroxylation sites is 1. The fraction of sp³-hybridized carbons (Fsp3) is 0.133. The minimum Gasteiger partial charge on any atom is -0.316 e. The molecule has 0 aliphatic carbocycles. The highest BCUT2D eigenvalue weighted by Crippen LogP contribution is 2.35. The van der Waals surface area contributed by atoms with Crippen LogP contribution in [0.2, 0.25) is 0 Å². The zero-order chi connectivity index (χ0) is 12.5. The van der Waals surface area contributed by atoms with Crippen molar-refractivity contribution in [2.24, 2.45) is 5.73 Å². The van der Waals surface area contributed by atoms with Crippen LogP contribution in [-0.2, 0) is 11.3 Å². The Morgan fingerprint density at radius 2 is 1.67 bits per heavy atom. The molecule has 2 aromatic rings. The fourth-order valence-electron chi connectivity index (χ4n) is 2.35. The van der Waals surface area contributed by atoms with E-state index in [-0.39, 0.29) is 5.91 Å². The van der Waals surface area contributed by atoms with Gasteiger partial charge in [0.2, 0.25) is 5.91 Å². The van der Waals surface area contributed by atoms with E-state index in [9.17, 15) is 4.79 Å². The second-order valence-electron chi connectivity index (χ2n) is 4.45. The van der Waals surface area contributed by atoms with Gasteiger partial charge in [-0.1, -0.05) is 48.5 Å². The van der Waals surface area contributed by atoms with Crippen molar-refractivity contribution in [2.45, 2.75) is 12.6 Å². The summed E-state index contributed by atoms with van der Waals surface area (Å²) in [6, 6.07) is 17.1. The average molecular weight is 238 g/mol. The third-order valence-electron chi connectivity index (χ3n) is 3.28. The molecule has 0 saturated carbocycles. The molecular formula is C15H14N2O. The molecule has 0 unspecified atom stereocenters. The number of anilines is 1. The number of nitrogens with zero attached hydrogens (tertiary/aromatic N) is 1. The molecule has 0 aromatic heterocycles. The lowest BCUT2D eigenvalue weighted by Crippen LogP contribution is -2.31. The van der Waals surface area contributed by atoms with E-state index in [1.165, 1.54) is 0 Å². The van der Waals surface area contributed by atoms with Gasteiger partial charge < -0.3 is 10.6 Å². The van der Waals surface area contributed by atoms with Gasteiger partial charge in [0.25, 0.3) is 0 Å². The van der Waals surface area contributed by atoms with Gasteiger partial charge in [0.15, 0.2) is 0 Å². The Bertz CT molecular complexity index is 580. The van der Waals surface area contributed by atoms with Gasteiger partial charge in [-0.3, -0.25) is 4.79 Å². The number of hydrogen-bond acceptors (Lipinski definition) is 2. The molecule has 2 aromatic carbocycles. The summed E-state index contributed by atoms with van der Waals surface area (Å²) >= 11 is 0. The molecule has 1 heterocycles. The van der Waals surface area contributed by atoms with E-state index in [2.05, 4.69) is 0 Å². The van der Waals surface area contributed by atoms with Gasteiger partial charge in [-0.05, 0) is 11.6 Å². The SMILES string of the molecule is N[C@H]1C(=O)N(Cc2ccccc2)c2ccccc21. The molecular weight excluding hydrogens is 224 g/mol. The van der Waals surface area contributed by atoms with Crippen LogP contribution in [0.5, 0.6) is 0 Å². The number of fused-ring (bicyclic) bond motifs is 1. The van der Waals surface area contributed by atoms with E-state index < -0.39 is 6.04 Å². The van der Waals surface area contributed by atoms with E-state index in [1.807, 2.05) is 54.6 Å². The van der Waals surface area contributed by atoms with Crippen LogP contribution in [0.3, 0.4) is 0 Å². The minimum atomic E-state index is -0.523. The standard InChI is InChI=1S/C15H14N2O/c16-14-12-8-4-5-9-13(12)17(15(14)18)10-11-6-2-1-3-7-11/h1-9,14H,10,16H2/t14-/m1/s1. The first-order valence-electron chi connectivity index (χ1n) is 5.97. The van der Waals surface area contributed by atoms with Crippen molar-refractivity contribution in [2.75, 3.05) is 4.90 Å². The Hall–Kier alpha value is -2.13. The van der Waals surface area contributed by atoms with E-state index in [4.69, 9.17) is 5.73 Å². The van der Waals surface area contributed by atoms with Crippen molar-refractivity contribution >= 4 is 11.6 Å². The third kappa shape index (κ3) is 1.69. The van der Waals surface area contributed by atoms with Gasteiger partial charge in [-0.2, -0.15) is 0 Å². The first-order chi connectivity index (χ1) is 8.77. The zero-order valence-corrected chi connectivity index (χ0v) is 9.91. The van der Waals surface area contributed by atoms with Crippen molar-refractivity contribution in [3.05, 3.63) is 65.7 Å². The molecule has 0 radical (unpaired) electrons. The normalized spacial score (nSPS) is 17.9. The molecule has 0 spiro atoms. The van der Waals surface area contributed by atoms with Crippen LogP contribution < -0.4 is 10.6 Å². The van der Waals surface area contributed by atoms with Crippen LogP contribution in [-0.4, -0.2) is 5.91 Å². The Kier molecular flexibility index (Phi) is 2.61. The smallest absolute Gasteiger partial charge is 0.248 e. The topological polar surface area (TPSA) is 46.3 Å². The van der Waals surface area contributed by atoms with Gasteiger partial charge in [-0.15, -0.1) is 0 Å². The van der Waals surface area contributed by atoms with Crippen molar-refractivity contribution < 1.29 is 4.79 Å². The molecule has 0 bridgehead atoms. The maximum atomic E-state index is 12.2. The molecule has 18 heavy (non-hydrogen) atoms. The van der Waals surface area contributed by atoms with Gasteiger partial charge in [-0.25, -0.2) is 0 Å². The summed E-state index contributed by atoms with van der Waals surface area (Å²) in [4.78, 5) is 13.9. The number of nitrogens with two attached hydrogens (primary N) is 1. The maximum absolute atomic E-state index is 12.2. The highest BCUT2D eigenvalue weighted by molar-refractivity contribution is 6.04. The molecule has 1 aliphatic rings. The van der Waals surface area contributed by atoms with Crippen LogP contribution >= 0.6 is 0 Å². The van der Waals surface area contributed by atoms with Gasteiger partial charge >= 0.3 is 0 Å². The maximum Gasteiger partial charge on any atom is 0.248 e. The largest absolute Gasteiger partial charge is 0.316 e. The lowest BCUT2D eigenvalue weighted by atomic mass is 10.1. The second kappa shape index (κ2) is 4.27. The number of hydrogen-bond donors (Lipinski definition) is 1. The van der Waals surface area contributed by atoms with E-state index in [0.717, 1.165) is 16.8 Å². The van der Waals surface area contributed by atoms with E-state index >= 15 is 0 Å². The Labute approximate surface area is 106 Å². The second-order valence-corrected chi connectivity index (χ2v) is 4.45. The van der Waals surface area contributed by atoms with Crippen LogP contribution in [0.4, 0.5) is 5.69 Å². The number of amides is 1. The summed E-state index contributed by atoms with van der Waals surface area (Å²) in [5.41, 5.74) is 8.89. The first kappa shape index (κ1) is 11.0. The predicted octanol–water partition coefficient (Wildman–Crippen LogP) is 2.23. The molecule has 3 heteroatoms. The molecule has 0 saturated heterocycles. The summed E-state index contributed by atoms with van der Waals surface area (Å²) in [5.74, 6) is -0.0277. The molecule has 3 nitrogen and oxygen atoms in total. The highest BCUT2D eigenvalue weighted by Gasteiger charge is 2.34. The van der Waals surface area contributed by atoms with Crippen LogP contribution in [0.15, 0.2) is 54.6 Å². The molecule has 3 rings (SSSR count). The van der Waals surface area contributed by atoms with E-state index in [1.54, 1.807) is 4.90 Å². The lowest BCUT2D eigenvalue weighted by Gasteiger charge is -2.17. The monoisotopic (exact) mass is 238 g/mol. The quantitative estimate of drug-likeness (QED) is 0.872. The average Bonchev–Trinajstić information content (AvgIpc) is 2.66. The number of carbonyl (C=O) groups excluding carboxylic acids is 1. The number of rotatable bonds is 2. The van der Waals surface area contributed by atoms with Crippen LogP contribution in [0.1, 0.15) is 17.2 Å². The summed E-state index contributed by atoms with van der Waals surface area (Å²) in [6.07, 6.45) is 0. The Balaban J connectivity index is 1.96. The molecule has 1 aliphatic heterocycles. The molecule has 0 fully saturated rings. The van der Waals surface area contributed by atoms with Crippen molar-refractivity contribution in [1.82, 2.24) is 0 Å². The summed E-state index contributed by atoms with van der Waals surface area (Å²) in [5, 5.41) is 0. The summed E-state index contributed by atoms with van der Waals surface area (Å²) in [7, 11) is 0. The van der Waals surface area contributed by atoms with Gasteiger partial charge in [0.1, 0.15) is 6.04 Å². The molecule has 2 N–H and O–H groups in total. The lowest BCUT2D eigenvalue weighted by molar-refractivity contribution is -0.119. The number of carbonyl (C=O) groups is 1. The molecule has 1 atom stereocenters. The predicted molar refractivity (Wildman–Crippen MR) is 71.0 cm³/mol. The van der Waals surface area contributed by atoms with E-state index in [0.29, 0.717) is 6.54 Å². The molecule has 1 amide bonds. The van der Waals surface area contributed by atoms with Crippen LogP contribution in [0, 0.1) is 0 Å². The third-order valence-corrected chi connectivity index (χ3v) is 3.28. The van der Waals surface area contributed by atoms with Crippen molar-refractivity contribution in [3.8, 4) is 0 Å². The first-order valence-corrected chi connectivity index (χ1v) is 5.97. The Morgan fingerprint density at radius 1 is 1.00 bits per heavy atom. The summed E-state index contributed by atoms with van der Waals surface area (Å²) < 4.78 is 0. The summed E-state index contributed by atoms with van der Waals surface area (Å²) in [6.45, 7) is 0.574. The molecule has 90 valence electrons. The van der Waals surface area contributed by atoms with Crippen molar-refractivity contribution in [1.29, 1.82) is 0 Å². The van der Waals surface area contributed by atoms with Gasteiger partial charge in [0.05, 0.1) is 6.54 Å². The minimum absolute atomic E-state index is 0.0277. The van der Waals surface area contributed by atoms with Crippen molar-refractivity contribution in [3.63, 3.8) is 0 Å². The van der Waals surface area contributed by atoms with Crippen LogP contribution in [0.25, 0.3) is 0 Å². The number of benzene rings is 2.